The van der Waals surface area contributed by atoms with Gasteiger partial charge in [-0.1, -0.05) is 24.3 Å². The van der Waals surface area contributed by atoms with Crippen LogP contribution in [0.5, 0.6) is 23.0 Å². The minimum atomic E-state index is -0.616. The lowest BCUT2D eigenvalue weighted by Crippen LogP contribution is -2.53. The molecule has 142 valence electrons. The van der Waals surface area contributed by atoms with Gasteiger partial charge in [-0.25, -0.2) is 0 Å². The van der Waals surface area contributed by atoms with Crippen molar-refractivity contribution >= 4 is 0 Å². The lowest BCUT2D eigenvalue weighted by molar-refractivity contribution is -0.124. The number of likely N-dealkylation sites (tertiary alicyclic amines) is 1. The molecule has 0 aliphatic carbocycles. The molecule has 1 spiro atoms. The zero-order valence-electron chi connectivity index (χ0n) is 15.0. The predicted octanol–water partition coefficient (Wildman–Crippen LogP) is 2.45. The standard InChI is InChI=1S/C21H23NO5/c23-15(20-14-24-16-5-1-2-6-17(16)25-20)13-22-11-9-21(10-12-22)26-18-7-3-4-8-19(18)27-21/h1-8,15,20,23H,9-14H2/t15-,20-/m0/s1. The molecule has 6 heteroatoms. The van der Waals surface area contributed by atoms with Gasteiger partial charge in [-0.3, -0.25) is 0 Å². The molecule has 2 aromatic rings. The number of aliphatic hydroxyl groups excluding tert-OH is 1. The van der Waals surface area contributed by atoms with Gasteiger partial charge in [-0.2, -0.15) is 0 Å². The van der Waals surface area contributed by atoms with Crippen LogP contribution in [0.2, 0.25) is 0 Å². The van der Waals surface area contributed by atoms with Crippen LogP contribution in [0.15, 0.2) is 48.5 Å². The van der Waals surface area contributed by atoms with Gasteiger partial charge in [-0.05, 0) is 24.3 Å². The first-order chi connectivity index (χ1) is 13.2. The van der Waals surface area contributed by atoms with E-state index in [2.05, 4.69) is 4.90 Å². The van der Waals surface area contributed by atoms with E-state index in [1.165, 1.54) is 0 Å². The number of hydrogen-bond acceptors (Lipinski definition) is 6. The topological polar surface area (TPSA) is 60.4 Å². The largest absolute Gasteiger partial charge is 0.486 e. The monoisotopic (exact) mass is 369 g/mol. The van der Waals surface area contributed by atoms with Gasteiger partial charge >= 0.3 is 0 Å². The summed E-state index contributed by atoms with van der Waals surface area (Å²) in [6.07, 6.45) is 0.549. The van der Waals surface area contributed by atoms with Crippen LogP contribution in [0, 0.1) is 0 Å². The summed E-state index contributed by atoms with van der Waals surface area (Å²) >= 11 is 0. The van der Waals surface area contributed by atoms with E-state index < -0.39 is 11.9 Å². The van der Waals surface area contributed by atoms with Crippen molar-refractivity contribution in [2.75, 3.05) is 26.2 Å². The molecule has 3 heterocycles. The van der Waals surface area contributed by atoms with Crippen molar-refractivity contribution in [1.29, 1.82) is 0 Å². The molecule has 0 bridgehead atoms. The number of ether oxygens (including phenoxy) is 4. The Morgan fingerprint density at radius 1 is 0.926 bits per heavy atom. The average Bonchev–Trinajstić information content (AvgIpc) is 3.07. The van der Waals surface area contributed by atoms with Crippen LogP contribution in [-0.2, 0) is 0 Å². The molecule has 3 aliphatic rings. The summed E-state index contributed by atoms with van der Waals surface area (Å²) in [5.74, 6) is 2.50. The fraction of sp³-hybridized carbons (Fsp3) is 0.429. The Morgan fingerprint density at radius 2 is 1.52 bits per heavy atom. The first kappa shape index (κ1) is 16.7. The molecule has 6 nitrogen and oxygen atoms in total. The summed E-state index contributed by atoms with van der Waals surface area (Å²) in [7, 11) is 0. The minimum Gasteiger partial charge on any atom is -0.486 e. The van der Waals surface area contributed by atoms with Gasteiger partial charge in [-0.15, -0.1) is 0 Å². The van der Waals surface area contributed by atoms with Crippen molar-refractivity contribution in [2.45, 2.75) is 30.8 Å². The Balaban J connectivity index is 1.16. The third-order valence-electron chi connectivity index (χ3n) is 5.46. The Bertz CT molecular complexity index is 791. The fourth-order valence-electron chi connectivity index (χ4n) is 3.93. The van der Waals surface area contributed by atoms with Crippen LogP contribution in [0.25, 0.3) is 0 Å². The van der Waals surface area contributed by atoms with Gasteiger partial charge in [0, 0.05) is 32.5 Å². The summed E-state index contributed by atoms with van der Waals surface area (Å²) < 4.78 is 23.8. The molecule has 3 aliphatic heterocycles. The molecule has 5 rings (SSSR count). The van der Waals surface area contributed by atoms with Crippen molar-refractivity contribution in [3.05, 3.63) is 48.5 Å². The second kappa shape index (κ2) is 6.62. The zero-order valence-corrected chi connectivity index (χ0v) is 15.0. The van der Waals surface area contributed by atoms with Crippen LogP contribution in [0.3, 0.4) is 0 Å². The molecule has 1 N–H and O–H groups in total. The number of para-hydroxylation sites is 4. The Morgan fingerprint density at radius 3 is 2.19 bits per heavy atom. The van der Waals surface area contributed by atoms with E-state index in [1.54, 1.807) is 0 Å². The third kappa shape index (κ3) is 3.19. The SMILES string of the molecule is O[C@@H](CN1CCC2(CC1)Oc1ccccc1O2)[C@@H]1COc2ccccc2O1. The maximum absolute atomic E-state index is 10.6. The number of β-amino-alcohol motifs (C(OH)–C–C–N with tert-alkyl or cyclic N) is 1. The predicted molar refractivity (Wildman–Crippen MR) is 98.5 cm³/mol. The highest BCUT2D eigenvalue weighted by atomic mass is 16.7. The molecular formula is C21H23NO5. The molecule has 0 amide bonds. The van der Waals surface area contributed by atoms with Crippen molar-refractivity contribution in [3.8, 4) is 23.0 Å². The third-order valence-corrected chi connectivity index (χ3v) is 5.46. The summed E-state index contributed by atoms with van der Waals surface area (Å²) in [4.78, 5) is 2.23. The maximum Gasteiger partial charge on any atom is 0.254 e. The molecule has 0 aromatic heterocycles. The average molecular weight is 369 g/mol. The number of nitrogens with zero attached hydrogens (tertiary/aromatic N) is 1. The summed E-state index contributed by atoms with van der Waals surface area (Å²) in [6.45, 7) is 2.50. The number of benzene rings is 2. The Hall–Kier alpha value is -2.44. The highest BCUT2D eigenvalue weighted by Crippen LogP contribution is 2.43. The summed E-state index contributed by atoms with van der Waals surface area (Å²) in [6, 6.07) is 15.4. The lowest BCUT2D eigenvalue weighted by Gasteiger charge is -2.39. The Labute approximate surface area is 158 Å². The van der Waals surface area contributed by atoms with Gasteiger partial charge in [0.25, 0.3) is 5.79 Å². The van der Waals surface area contributed by atoms with Gasteiger partial charge in [0.1, 0.15) is 12.7 Å². The molecule has 2 aromatic carbocycles. The Kier molecular flexibility index (Phi) is 4.10. The zero-order chi connectivity index (χ0) is 18.3. The molecule has 0 unspecified atom stereocenters. The summed E-state index contributed by atoms with van der Waals surface area (Å²) in [5.41, 5.74) is 0. The number of rotatable bonds is 3. The van der Waals surface area contributed by atoms with Crippen LogP contribution in [-0.4, -0.2) is 54.2 Å². The molecule has 0 saturated carbocycles. The molecular weight excluding hydrogens is 346 g/mol. The normalized spacial score (nSPS) is 24.0. The van der Waals surface area contributed by atoms with Crippen LogP contribution < -0.4 is 18.9 Å². The van der Waals surface area contributed by atoms with Crippen molar-refractivity contribution < 1.29 is 24.1 Å². The highest BCUT2D eigenvalue weighted by molar-refractivity contribution is 5.43. The minimum absolute atomic E-state index is 0.359. The van der Waals surface area contributed by atoms with Crippen LogP contribution >= 0.6 is 0 Å². The quantitative estimate of drug-likeness (QED) is 0.897. The van der Waals surface area contributed by atoms with Gasteiger partial charge in [0.2, 0.25) is 0 Å². The summed E-state index contributed by atoms with van der Waals surface area (Å²) in [5, 5.41) is 10.6. The maximum atomic E-state index is 10.6. The number of piperidine rings is 1. The highest BCUT2D eigenvalue weighted by Gasteiger charge is 2.44. The smallest absolute Gasteiger partial charge is 0.254 e. The van der Waals surface area contributed by atoms with Crippen LogP contribution in [0.1, 0.15) is 12.8 Å². The first-order valence-electron chi connectivity index (χ1n) is 9.47. The molecule has 0 radical (unpaired) electrons. The van der Waals surface area contributed by atoms with E-state index in [0.29, 0.717) is 18.9 Å². The van der Waals surface area contributed by atoms with Gasteiger partial charge < -0.3 is 29.0 Å². The second-order valence-electron chi connectivity index (χ2n) is 7.34. The second-order valence-corrected chi connectivity index (χ2v) is 7.34. The van der Waals surface area contributed by atoms with Crippen molar-refractivity contribution in [1.82, 2.24) is 4.90 Å². The number of aliphatic hydroxyl groups is 1. The van der Waals surface area contributed by atoms with E-state index >= 15 is 0 Å². The van der Waals surface area contributed by atoms with Crippen molar-refractivity contribution in [3.63, 3.8) is 0 Å². The first-order valence-corrected chi connectivity index (χ1v) is 9.47. The van der Waals surface area contributed by atoms with Gasteiger partial charge in [0.05, 0.1) is 0 Å². The molecule has 2 atom stereocenters. The molecule has 1 fully saturated rings. The molecule has 1 saturated heterocycles. The lowest BCUT2D eigenvalue weighted by atomic mass is 10.0. The number of fused-ring (bicyclic) bond motifs is 2. The van der Waals surface area contributed by atoms with Crippen molar-refractivity contribution in [2.24, 2.45) is 0 Å². The van der Waals surface area contributed by atoms with E-state index in [0.717, 1.165) is 43.2 Å². The molecule has 27 heavy (non-hydrogen) atoms. The van der Waals surface area contributed by atoms with Gasteiger partial charge in [0.15, 0.2) is 29.1 Å². The van der Waals surface area contributed by atoms with Crippen LogP contribution in [0.4, 0.5) is 0 Å². The van der Waals surface area contributed by atoms with E-state index in [-0.39, 0.29) is 6.10 Å². The number of hydrogen-bond donors (Lipinski definition) is 1. The fourth-order valence-corrected chi connectivity index (χ4v) is 3.93. The van der Waals surface area contributed by atoms with E-state index in [4.69, 9.17) is 18.9 Å². The van der Waals surface area contributed by atoms with E-state index in [1.807, 2.05) is 48.5 Å². The van der Waals surface area contributed by atoms with E-state index in [9.17, 15) is 5.11 Å².